The maximum atomic E-state index is 13.0. The second kappa shape index (κ2) is 10.6. The molecule has 1 amide bonds. The summed E-state index contributed by atoms with van der Waals surface area (Å²) in [5.41, 5.74) is 0.565. The SMILES string of the molecule is CC(C)OCCCn1c(SCC(=O)NCc2cccs2)nc2ccccc2c1=O. The van der Waals surface area contributed by atoms with Gasteiger partial charge in [0.05, 0.1) is 29.3 Å². The van der Waals surface area contributed by atoms with E-state index in [9.17, 15) is 9.59 Å². The summed E-state index contributed by atoms with van der Waals surface area (Å²) in [4.78, 5) is 31.0. The number of ether oxygens (including phenoxy) is 1. The van der Waals surface area contributed by atoms with E-state index in [4.69, 9.17) is 4.74 Å². The van der Waals surface area contributed by atoms with Crippen molar-refractivity contribution in [2.24, 2.45) is 0 Å². The fourth-order valence-corrected chi connectivity index (χ4v) is 4.28. The van der Waals surface area contributed by atoms with Crippen LogP contribution in [0.4, 0.5) is 0 Å². The number of para-hydroxylation sites is 1. The van der Waals surface area contributed by atoms with Gasteiger partial charge in [-0.2, -0.15) is 0 Å². The summed E-state index contributed by atoms with van der Waals surface area (Å²) in [6.07, 6.45) is 0.860. The van der Waals surface area contributed by atoms with Crippen LogP contribution in [0.2, 0.25) is 0 Å². The van der Waals surface area contributed by atoms with Crippen LogP contribution in [0.1, 0.15) is 25.1 Å². The number of hydrogen-bond acceptors (Lipinski definition) is 6. The topological polar surface area (TPSA) is 73.2 Å². The smallest absolute Gasteiger partial charge is 0.262 e. The van der Waals surface area contributed by atoms with Crippen molar-refractivity contribution in [2.45, 2.75) is 44.6 Å². The number of thioether (sulfide) groups is 1. The fourth-order valence-electron chi connectivity index (χ4n) is 2.78. The van der Waals surface area contributed by atoms with E-state index >= 15 is 0 Å². The summed E-state index contributed by atoms with van der Waals surface area (Å²) in [6.45, 7) is 5.56. The first-order valence-corrected chi connectivity index (χ1v) is 11.4. The lowest BCUT2D eigenvalue weighted by atomic mass is 10.2. The minimum atomic E-state index is -0.0829. The molecule has 0 unspecified atom stereocenters. The molecule has 0 fully saturated rings. The molecule has 29 heavy (non-hydrogen) atoms. The van der Waals surface area contributed by atoms with Gasteiger partial charge in [0, 0.05) is 18.0 Å². The molecule has 0 radical (unpaired) electrons. The molecule has 2 aromatic heterocycles. The summed E-state index contributed by atoms with van der Waals surface area (Å²) >= 11 is 2.90. The van der Waals surface area contributed by atoms with E-state index in [0.717, 1.165) is 4.88 Å². The van der Waals surface area contributed by atoms with Gasteiger partial charge in [0.1, 0.15) is 0 Å². The molecule has 8 heteroatoms. The van der Waals surface area contributed by atoms with Crippen LogP contribution in [0.5, 0.6) is 0 Å². The molecule has 0 saturated heterocycles. The van der Waals surface area contributed by atoms with Crippen molar-refractivity contribution in [3.63, 3.8) is 0 Å². The average Bonchev–Trinajstić information content (AvgIpc) is 3.23. The summed E-state index contributed by atoms with van der Waals surface area (Å²) < 4.78 is 7.25. The van der Waals surface area contributed by atoms with Crippen LogP contribution >= 0.6 is 23.1 Å². The molecule has 3 aromatic rings. The molecule has 0 aliphatic carbocycles. The molecular formula is C21H25N3O3S2. The third kappa shape index (κ3) is 6.16. The molecular weight excluding hydrogens is 406 g/mol. The zero-order valence-corrected chi connectivity index (χ0v) is 18.2. The Morgan fingerprint density at radius 2 is 2.10 bits per heavy atom. The third-order valence-electron chi connectivity index (χ3n) is 4.18. The van der Waals surface area contributed by atoms with Crippen molar-refractivity contribution in [1.29, 1.82) is 0 Å². The molecule has 3 rings (SSSR count). The second-order valence-corrected chi connectivity index (χ2v) is 8.76. The number of nitrogens with one attached hydrogen (secondary N) is 1. The van der Waals surface area contributed by atoms with Crippen molar-refractivity contribution in [2.75, 3.05) is 12.4 Å². The van der Waals surface area contributed by atoms with Gasteiger partial charge >= 0.3 is 0 Å². The number of carbonyl (C=O) groups is 1. The summed E-state index contributed by atoms with van der Waals surface area (Å²) in [5.74, 6) is 0.124. The molecule has 0 atom stereocenters. The normalized spacial score (nSPS) is 11.3. The minimum Gasteiger partial charge on any atom is -0.379 e. The maximum Gasteiger partial charge on any atom is 0.262 e. The Morgan fingerprint density at radius 1 is 1.28 bits per heavy atom. The predicted molar refractivity (Wildman–Crippen MR) is 119 cm³/mol. The van der Waals surface area contributed by atoms with Gasteiger partial charge in [-0.05, 0) is 43.8 Å². The molecule has 6 nitrogen and oxygen atoms in total. The van der Waals surface area contributed by atoms with Crippen molar-refractivity contribution in [1.82, 2.24) is 14.9 Å². The quantitative estimate of drug-likeness (QED) is 0.301. The minimum absolute atomic E-state index is 0.0818. The number of amides is 1. The van der Waals surface area contributed by atoms with Crippen molar-refractivity contribution in [3.05, 3.63) is 57.0 Å². The number of hydrogen-bond donors (Lipinski definition) is 1. The van der Waals surface area contributed by atoms with Crippen LogP contribution in [0.15, 0.2) is 51.7 Å². The Hall–Kier alpha value is -2.16. The maximum absolute atomic E-state index is 13.0. The first-order chi connectivity index (χ1) is 14.0. The number of aromatic nitrogens is 2. The molecule has 0 aliphatic heterocycles. The number of benzene rings is 1. The molecule has 1 N–H and O–H groups in total. The number of carbonyl (C=O) groups excluding carboxylic acids is 1. The highest BCUT2D eigenvalue weighted by molar-refractivity contribution is 7.99. The standard InChI is InChI=1S/C21H25N3O3S2/c1-15(2)27-11-6-10-24-20(26)17-8-3-4-9-18(17)23-21(24)29-14-19(25)22-13-16-7-5-12-28-16/h3-5,7-9,12,15H,6,10-11,13-14H2,1-2H3,(H,22,25). The highest BCUT2D eigenvalue weighted by Crippen LogP contribution is 2.18. The molecule has 154 valence electrons. The van der Waals surface area contributed by atoms with E-state index in [1.165, 1.54) is 11.8 Å². The van der Waals surface area contributed by atoms with E-state index in [2.05, 4.69) is 10.3 Å². The number of nitrogens with zero attached hydrogens (tertiary/aromatic N) is 2. The number of thiophene rings is 1. The summed E-state index contributed by atoms with van der Waals surface area (Å²) in [7, 11) is 0. The van der Waals surface area contributed by atoms with Crippen LogP contribution in [0.25, 0.3) is 10.9 Å². The van der Waals surface area contributed by atoms with Crippen molar-refractivity contribution in [3.8, 4) is 0 Å². The van der Waals surface area contributed by atoms with Crippen LogP contribution in [0.3, 0.4) is 0 Å². The third-order valence-corrected chi connectivity index (χ3v) is 6.03. The Labute approximate surface area is 178 Å². The van der Waals surface area contributed by atoms with Crippen molar-refractivity contribution >= 4 is 39.9 Å². The predicted octanol–water partition coefficient (Wildman–Crippen LogP) is 3.68. The highest BCUT2D eigenvalue weighted by Gasteiger charge is 2.13. The van der Waals surface area contributed by atoms with E-state index in [0.29, 0.717) is 42.2 Å². The lowest BCUT2D eigenvalue weighted by molar-refractivity contribution is -0.118. The van der Waals surface area contributed by atoms with E-state index < -0.39 is 0 Å². The highest BCUT2D eigenvalue weighted by atomic mass is 32.2. The molecule has 0 bridgehead atoms. The first-order valence-electron chi connectivity index (χ1n) is 9.57. The van der Waals surface area contributed by atoms with Crippen LogP contribution in [-0.4, -0.2) is 33.9 Å². The van der Waals surface area contributed by atoms with Gasteiger partial charge in [-0.1, -0.05) is 30.0 Å². The second-order valence-electron chi connectivity index (χ2n) is 6.79. The molecule has 0 aliphatic rings. The largest absolute Gasteiger partial charge is 0.379 e. The Kier molecular flexibility index (Phi) is 7.85. The molecule has 2 heterocycles. The van der Waals surface area contributed by atoms with Gasteiger partial charge in [0.15, 0.2) is 5.16 Å². The van der Waals surface area contributed by atoms with E-state index in [-0.39, 0.29) is 23.3 Å². The van der Waals surface area contributed by atoms with Crippen LogP contribution in [0, 0.1) is 0 Å². The van der Waals surface area contributed by atoms with E-state index in [1.807, 2.05) is 49.6 Å². The Balaban J connectivity index is 1.71. The first kappa shape index (κ1) is 21.5. The van der Waals surface area contributed by atoms with Crippen LogP contribution < -0.4 is 10.9 Å². The summed E-state index contributed by atoms with van der Waals surface area (Å²) in [6, 6.07) is 11.2. The average molecular weight is 432 g/mol. The lowest BCUT2D eigenvalue weighted by Crippen LogP contribution is -2.27. The number of rotatable bonds is 10. The van der Waals surface area contributed by atoms with Gasteiger partial charge in [-0.25, -0.2) is 4.98 Å². The van der Waals surface area contributed by atoms with Crippen LogP contribution in [-0.2, 0) is 22.6 Å². The van der Waals surface area contributed by atoms with Gasteiger partial charge in [0.25, 0.3) is 5.56 Å². The summed E-state index contributed by atoms with van der Waals surface area (Å²) in [5, 5.41) is 6.04. The van der Waals surface area contributed by atoms with Crippen molar-refractivity contribution < 1.29 is 9.53 Å². The molecule has 0 saturated carbocycles. The Bertz CT molecular complexity index is 1000. The van der Waals surface area contributed by atoms with Gasteiger partial charge in [0.2, 0.25) is 5.91 Å². The van der Waals surface area contributed by atoms with Gasteiger partial charge < -0.3 is 10.1 Å². The Morgan fingerprint density at radius 3 is 2.86 bits per heavy atom. The van der Waals surface area contributed by atoms with Gasteiger partial charge in [-0.3, -0.25) is 14.2 Å². The fraction of sp³-hybridized carbons (Fsp3) is 0.381. The lowest BCUT2D eigenvalue weighted by Gasteiger charge is -2.14. The number of fused-ring (bicyclic) bond motifs is 1. The monoisotopic (exact) mass is 431 g/mol. The molecule has 0 spiro atoms. The van der Waals surface area contributed by atoms with E-state index in [1.54, 1.807) is 22.0 Å². The zero-order chi connectivity index (χ0) is 20.6. The van der Waals surface area contributed by atoms with Gasteiger partial charge in [-0.15, -0.1) is 11.3 Å². The molecule has 1 aromatic carbocycles. The zero-order valence-electron chi connectivity index (χ0n) is 16.6.